The number of aryl methyl sites for hydroxylation is 2. The lowest BCUT2D eigenvalue weighted by Gasteiger charge is -2.02. The average Bonchev–Trinajstić information content (AvgIpc) is 2.85. The summed E-state index contributed by atoms with van der Waals surface area (Å²) in [4.78, 5) is 13.6. The molecule has 0 radical (unpaired) electrons. The van der Waals surface area contributed by atoms with E-state index in [0.717, 1.165) is 22.3 Å². The molecule has 6 heteroatoms. The van der Waals surface area contributed by atoms with E-state index in [-0.39, 0.29) is 5.91 Å². The molecule has 0 fully saturated rings. The van der Waals surface area contributed by atoms with E-state index in [1.54, 1.807) is 4.68 Å². The van der Waals surface area contributed by atoms with E-state index in [1.807, 2.05) is 33.0 Å². The summed E-state index contributed by atoms with van der Waals surface area (Å²) >= 11 is 1.39. The zero-order valence-electron chi connectivity index (χ0n) is 11.4. The van der Waals surface area contributed by atoms with Gasteiger partial charge in [-0.25, -0.2) is 0 Å². The van der Waals surface area contributed by atoms with Crippen LogP contribution in [0.15, 0.2) is 12.2 Å². The van der Waals surface area contributed by atoms with Crippen molar-refractivity contribution in [1.29, 1.82) is 0 Å². The van der Waals surface area contributed by atoms with Gasteiger partial charge in [-0.2, -0.15) is 5.10 Å². The van der Waals surface area contributed by atoms with Crippen molar-refractivity contribution in [3.05, 3.63) is 22.7 Å². The number of nitrogens with two attached hydrogens (primary N) is 1. The highest BCUT2D eigenvalue weighted by Gasteiger charge is 2.20. The SMILES string of the molecule is C/C=C/CCNC(=O)c1sc2c(c(C)nn2C)c1N. The standard InChI is InChI=1S/C13H18N4OS/c1-4-5-6-7-15-12(18)11-10(14)9-8(2)16-17(3)13(9)19-11/h4-5H,6-7,14H2,1-3H3,(H,15,18)/b5-4+. The Morgan fingerprint density at radius 2 is 2.32 bits per heavy atom. The largest absolute Gasteiger partial charge is 0.397 e. The van der Waals surface area contributed by atoms with Crippen molar-refractivity contribution >= 4 is 33.1 Å². The van der Waals surface area contributed by atoms with Crippen LogP contribution in [-0.2, 0) is 7.05 Å². The molecule has 2 aromatic heterocycles. The molecule has 0 atom stereocenters. The fourth-order valence-corrected chi connectivity index (χ4v) is 3.12. The summed E-state index contributed by atoms with van der Waals surface area (Å²) in [7, 11) is 1.86. The van der Waals surface area contributed by atoms with Crippen molar-refractivity contribution in [2.24, 2.45) is 7.05 Å². The highest BCUT2D eigenvalue weighted by atomic mass is 32.1. The number of nitrogen functional groups attached to an aromatic ring is 1. The van der Waals surface area contributed by atoms with Gasteiger partial charge in [-0.1, -0.05) is 12.2 Å². The molecule has 0 aliphatic heterocycles. The summed E-state index contributed by atoms with van der Waals surface area (Å²) < 4.78 is 1.77. The lowest BCUT2D eigenvalue weighted by molar-refractivity contribution is 0.0959. The summed E-state index contributed by atoms with van der Waals surface area (Å²) in [5.74, 6) is -0.109. The first-order valence-electron chi connectivity index (χ1n) is 6.17. The first-order chi connectivity index (χ1) is 9.06. The predicted molar refractivity (Wildman–Crippen MR) is 79.5 cm³/mol. The summed E-state index contributed by atoms with van der Waals surface area (Å²) in [6, 6.07) is 0. The van der Waals surface area contributed by atoms with Crippen molar-refractivity contribution in [3.8, 4) is 0 Å². The Morgan fingerprint density at radius 3 is 2.95 bits per heavy atom. The Morgan fingerprint density at radius 1 is 1.58 bits per heavy atom. The van der Waals surface area contributed by atoms with Crippen LogP contribution in [0.3, 0.4) is 0 Å². The van der Waals surface area contributed by atoms with Gasteiger partial charge in [0.1, 0.15) is 9.71 Å². The molecule has 19 heavy (non-hydrogen) atoms. The monoisotopic (exact) mass is 278 g/mol. The highest BCUT2D eigenvalue weighted by molar-refractivity contribution is 7.21. The molecule has 1 amide bonds. The molecule has 0 saturated carbocycles. The van der Waals surface area contributed by atoms with Gasteiger partial charge in [-0.05, 0) is 20.3 Å². The van der Waals surface area contributed by atoms with Gasteiger partial charge in [-0.3, -0.25) is 9.48 Å². The number of rotatable bonds is 4. The minimum atomic E-state index is -0.109. The number of fused-ring (bicyclic) bond motifs is 1. The molecular formula is C13H18N4OS. The number of nitrogens with zero attached hydrogens (tertiary/aromatic N) is 2. The Labute approximate surface area is 116 Å². The number of carbonyl (C=O) groups excluding carboxylic acids is 1. The maximum atomic E-state index is 12.1. The van der Waals surface area contributed by atoms with Crippen molar-refractivity contribution in [1.82, 2.24) is 15.1 Å². The van der Waals surface area contributed by atoms with E-state index in [9.17, 15) is 4.79 Å². The van der Waals surface area contributed by atoms with Crippen molar-refractivity contribution in [3.63, 3.8) is 0 Å². The number of allylic oxidation sites excluding steroid dienone is 1. The second kappa shape index (κ2) is 5.44. The third kappa shape index (κ3) is 2.49. The third-order valence-electron chi connectivity index (χ3n) is 2.92. The molecular weight excluding hydrogens is 260 g/mol. The number of anilines is 1. The van der Waals surface area contributed by atoms with Crippen molar-refractivity contribution in [2.75, 3.05) is 12.3 Å². The lowest BCUT2D eigenvalue weighted by atomic mass is 10.2. The van der Waals surface area contributed by atoms with Gasteiger partial charge < -0.3 is 11.1 Å². The second-order valence-corrected chi connectivity index (χ2v) is 5.35. The second-order valence-electron chi connectivity index (χ2n) is 4.35. The number of amides is 1. The number of carbonyl (C=O) groups is 1. The van der Waals surface area contributed by atoms with Crippen LogP contribution < -0.4 is 11.1 Å². The van der Waals surface area contributed by atoms with Crippen LogP contribution in [0.4, 0.5) is 5.69 Å². The summed E-state index contributed by atoms with van der Waals surface area (Å²) in [5.41, 5.74) is 7.46. The van der Waals surface area contributed by atoms with Crippen LogP contribution in [0.2, 0.25) is 0 Å². The minimum absolute atomic E-state index is 0.109. The van der Waals surface area contributed by atoms with Gasteiger partial charge in [-0.15, -0.1) is 11.3 Å². The Hall–Kier alpha value is -1.82. The molecule has 0 bridgehead atoms. The number of nitrogens with one attached hydrogen (secondary N) is 1. The number of aromatic nitrogens is 2. The molecule has 0 aliphatic rings. The van der Waals surface area contributed by atoms with Crippen molar-refractivity contribution in [2.45, 2.75) is 20.3 Å². The van der Waals surface area contributed by atoms with Crippen LogP contribution in [-0.4, -0.2) is 22.2 Å². The Balaban J connectivity index is 2.23. The average molecular weight is 278 g/mol. The van der Waals surface area contributed by atoms with Crippen LogP contribution >= 0.6 is 11.3 Å². The molecule has 102 valence electrons. The zero-order valence-corrected chi connectivity index (χ0v) is 12.2. The Bertz CT molecular complexity index is 639. The molecule has 5 nitrogen and oxygen atoms in total. The van der Waals surface area contributed by atoms with E-state index >= 15 is 0 Å². The van der Waals surface area contributed by atoms with Crippen molar-refractivity contribution < 1.29 is 4.79 Å². The Kier molecular flexibility index (Phi) is 3.90. The molecule has 2 rings (SSSR count). The van der Waals surface area contributed by atoms with E-state index in [1.165, 1.54) is 11.3 Å². The molecule has 0 aromatic carbocycles. The van der Waals surface area contributed by atoms with Gasteiger partial charge in [0.15, 0.2) is 0 Å². The van der Waals surface area contributed by atoms with Gasteiger partial charge in [0.2, 0.25) is 0 Å². The van der Waals surface area contributed by atoms with E-state index in [2.05, 4.69) is 10.4 Å². The maximum Gasteiger partial charge on any atom is 0.263 e. The summed E-state index contributed by atoms with van der Waals surface area (Å²) in [6.07, 6.45) is 4.81. The smallest absolute Gasteiger partial charge is 0.263 e. The van der Waals surface area contributed by atoms with E-state index in [4.69, 9.17) is 5.73 Å². The van der Waals surface area contributed by atoms with Gasteiger partial charge in [0.25, 0.3) is 5.91 Å². The van der Waals surface area contributed by atoms with Gasteiger partial charge in [0.05, 0.1) is 16.8 Å². The van der Waals surface area contributed by atoms with E-state index in [0.29, 0.717) is 17.1 Å². The quantitative estimate of drug-likeness (QED) is 0.665. The maximum absolute atomic E-state index is 12.1. The first kappa shape index (κ1) is 13.6. The molecule has 2 aromatic rings. The molecule has 2 heterocycles. The summed E-state index contributed by atoms with van der Waals surface area (Å²) in [6.45, 7) is 4.48. The molecule has 0 aliphatic carbocycles. The fourth-order valence-electron chi connectivity index (χ4n) is 2.01. The number of thiophene rings is 1. The van der Waals surface area contributed by atoms with Crippen LogP contribution in [0.25, 0.3) is 10.2 Å². The molecule has 0 spiro atoms. The van der Waals surface area contributed by atoms with Gasteiger partial charge in [0, 0.05) is 13.6 Å². The normalized spacial score (nSPS) is 11.5. The molecule has 0 unspecified atom stereocenters. The lowest BCUT2D eigenvalue weighted by Crippen LogP contribution is -2.23. The molecule has 3 N–H and O–H groups in total. The minimum Gasteiger partial charge on any atom is -0.397 e. The van der Waals surface area contributed by atoms with Gasteiger partial charge >= 0.3 is 0 Å². The van der Waals surface area contributed by atoms with E-state index < -0.39 is 0 Å². The zero-order chi connectivity index (χ0) is 14.0. The summed E-state index contributed by atoms with van der Waals surface area (Å²) in [5, 5.41) is 8.07. The first-order valence-corrected chi connectivity index (χ1v) is 6.98. The number of hydrogen-bond donors (Lipinski definition) is 2. The topological polar surface area (TPSA) is 72.9 Å². The van der Waals surface area contributed by atoms with Crippen LogP contribution in [0.5, 0.6) is 0 Å². The highest BCUT2D eigenvalue weighted by Crippen LogP contribution is 2.35. The predicted octanol–water partition coefficient (Wildman–Crippen LogP) is 2.22. The van der Waals surface area contributed by atoms with Crippen LogP contribution in [0.1, 0.15) is 28.7 Å². The van der Waals surface area contributed by atoms with Crippen LogP contribution in [0, 0.1) is 6.92 Å². The number of hydrogen-bond acceptors (Lipinski definition) is 4. The third-order valence-corrected chi connectivity index (χ3v) is 4.19. The fraction of sp³-hybridized carbons (Fsp3) is 0.385. The molecule has 0 saturated heterocycles.